The van der Waals surface area contributed by atoms with Crippen molar-refractivity contribution in [1.29, 1.82) is 0 Å². The summed E-state index contributed by atoms with van der Waals surface area (Å²) in [5, 5.41) is 0. The van der Waals surface area contributed by atoms with Crippen LogP contribution in [0.1, 0.15) is 30.9 Å². The molecule has 1 aliphatic rings. The van der Waals surface area contributed by atoms with Gasteiger partial charge in [0.2, 0.25) is 0 Å². The molecular formula is C14H18BrNO2. The molecule has 0 aromatic heterocycles. The first-order chi connectivity index (χ1) is 8.72. The Morgan fingerprint density at radius 3 is 2.67 bits per heavy atom. The number of carbonyl (C=O) groups excluding carboxylic acids is 1. The molecule has 1 aromatic carbocycles. The second-order valence-corrected chi connectivity index (χ2v) is 5.49. The van der Waals surface area contributed by atoms with Gasteiger partial charge in [-0.25, -0.2) is 4.79 Å². The van der Waals surface area contributed by atoms with Crippen molar-refractivity contribution in [1.82, 2.24) is 4.90 Å². The van der Waals surface area contributed by atoms with Crippen LogP contribution >= 0.6 is 15.9 Å². The molecule has 0 spiro atoms. The molecule has 98 valence electrons. The molecule has 0 aliphatic carbocycles. The Balaban J connectivity index is 2.26. The number of halogens is 1. The van der Waals surface area contributed by atoms with E-state index in [0.717, 1.165) is 36.0 Å². The first kappa shape index (κ1) is 13.6. The number of carbonyl (C=O) groups is 1. The van der Waals surface area contributed by atoms with Crippen LogP contribution in [0.15, 0.2) is 28.7 Å². The van der Waals surface area contributed by atoms with Crippen LogP contribution < -0.4 is 0 Å². The average molecular weight is 312 g/mol. The lowest BCUT2D eigenvalue weighted by Crippen LogP contribution is -2.38. The van der Waals surface area contributed by atoms with E-state index in [1.165, 1.54) is 13.5 Å². The highest BCUT2D eigenvalue weighted by molar-refractivity contribution is 9.10. The van der Waals surface area contributed by atoms with Gasteiger partial charge in [0.25, 0.3) is 0 Å². The van der Waals surface area contributed by atoms with Crippen LogP contribution in [0.3, 0.4) is 0 Å². The molecule has 1 aliphatic heterocycles. The number of likely N-dealkylation sites (tertiary alicyclic amines) is 1. The number of hydrogen-bond acceptors (Lipinski definition) is 3. The Labute approximate surface area is 116 Å². The zero-order chi connectivity index (χ0) is 13.0. The molecule has 0 radical (unpaired) electrons. The minimum absolute atomic E-state index is 0.171. The van der Waals surface area contributed by atoms with Gasteiger partial charge in [-0.1, -0.05) is 34.5 Å². The molecule has 1 heterocycles. The van der Waals surface area contributed by atoms with Gasteiger partial charge in [-0.05, 0) is 43.6 Å². The summed E-state index contributed by atoms with van der Waals surface area (Å²) in [6.07, 6.45) is 3.56. The largest absolute Gasteiger partial charge is 0.468 e. The number of piperidine rings is 1. The molecule has 0 N–H and O–H groups in total. The Morgan fingerprint density at radius 2 is 2.06 bits per heavy atom. The van der Waals surface area contributed by atoms with Crippen LogP contribution in [0.4, 0.5) is 0 Å². The van der Waals surface area contributed by atoms with Crippen LogP contribution in [0.2, 0.25) is 0 Å². The monoisotopic (exact) mass is 311 g/mol. The maximum absolute atomic E-state index is 12.0. The van der Waals surface area contributed by atoms with E-state index in [1.54, 1.807) is 0 Å². The van der Waals surface area contributed by atoms with Gasteiger partial charge in [0.05, 0.1) is 7.11 Å². The fourth-order valence-corrected chi connectivity index (χ4v) is 2.88. The Bertz CT molecular complexity index is 416. The molecule has 0 saturated carbocycles. The van der Waals surface area contributed by atoms with E-state index in [2.05, 4.69) is 20.8 Å². The van der Waals surface area contributed by atoms with Crippen molar-refractivity contribution in [3.8, 4) is 0 Å². The third-order valence-corrected chi connectivity index (χ3v) is 3.84. The molecule has 2 rings (SSSR count). The SMILES string of the molecule is COC(=O)C(c1cccc(Br)c1)N1CCCCC1. The summed E-state index contributed by atoms with van der Waals surface area (Å²) in [4.78, 5) is 14.3. The number of esters is 1. The summed E-state index contributed by atoms with van der Waals surface area (Å²) in [5.74, 6) is -0.171. The van der Waals surface area contributed by atoms with E-state index in [0.29, 0.717) is 0 Å². The summed E-state index contributed by atoms with van der Waals surface area (Å²) < 4.78 is 5.96. The number of ether oxygens (including phenoxy) is 1. The summed E-state index contributed by atoms with van der Waals surface area (Å²) in [5.41, 5.74) is 0.998. The van der Waals surface area contributed by atoms with Crippen molar-refractivity contribution in [3.63, 3.8) is 0 Å². The van der Waals surface area contributed by atoms with E-state index < -0.39 is 0 Å². The van der Waals surface area contributed by atoms with Gasteiger partial charge < -0.3 is 4.74 Å². The van der Waals surface area contributed by atoms with Gasteiger partial charge in [0.1, 0.15) is 6.04 Å². The van der Waals surface area contributed by atoms with E-state index in [4.69, 9.17) is 4.74 Å². The molecule has 1 aromatic rings. The summed E-state index contributed by atoms with van der Waals surface area (Å²) >= 11 is 3.45. The van der Waals surface area contributed by atoms with Crippen molar-refractivity contribution < 1.29 is 9.53 Å². The molecule has 1 fully saturated rings. The summed E-state index contributed by atoms with van der Waals surface area (Å²) in [6, 6.07) is 7.64. The first-order valence-corrected chi connectivity index (χ1v) is 7.09. The smallest absolute Gasteiger partial charge is 0.327 e. The van der Waals surface area contributed by atoms with Gasteiger partial charge >= 0.3 is 5.97 Å². The molecule has 4 heteroatoms. The summed E-state index contributed by atoms with van der Waals surface area (Å²) in [6.45, 7) is 1.93. The van der Waals surface area contributed by atoms with Gasteiger partial charge in [0.15, 0.2) is 0 Å². The number of nitrogens with zero attached hydrogens (tertiary/aromatic N) is 1. The lowest BCUT2D eigenvalue weighted by molar-refractivity contribution is -0.147. The molecule has 0 amide bonds. The number of rotatable bonds is 3. The number of methoxy groups -OCH3 is 1. The standard InChI is InChI=1S/C14H18BrNO2/c1-18-14(17)13(16-8-3-2-4-9-16)11-6-5-7-12(15)10-11/h5-7,10,13H,2-4,8-9H2,1H3. The highest BCUT2D eigenvalue weighted by Gasteiger charge is 2.29. The van der Waals surface area contributed by atoms with Gasteiger partial charge in [-0.2, -0.15) is 0 Å². The van der Waals surface area contributed by atoms with Crippen molar-refractivity contribution in [2.75, 3.05) is 20.2 Å². The van der Waals surface area contributed by atoms with E-state index in [1.807, 2.05) is 24.3 Å². The Hall–Kier alpha value is -0.870. The van der Waals surface area contributed by atoms with Crippen LogP contribution in [0.25, 0.3) is 0 Å². The lowest BCUT2D eigenvalue weighted by Gasteiger charge is -2.33. The lowest BCUT2D eigenvalue weighted by atomic mass is 10.0. The number of hydrogen-bond donors (Lipinski definition) is 0. The average Bonchev–Trinajstić information content (AvgIpc) is 2.40. The highest BCUT2D eigenvalue weighted by atomic mass is 79.9. The molecule has 1 unspecified atom stereocenters. The van der Waals surface area contributed by atoms with E-state index in [9.17, 15) is 4.79 Å². The van der Waals surface area contributed by atoms with Crippen LogP contribution in [-0.4, -0.2) is 31.1 Å². The van der Waals surface area contributed by atoms with Crippen LogP contribution in [0, 0.1) is 0 Å². The second-order valence-electron chi connectivity index (χ2n) is 4.58. The highest BCUT2D eigenvalue weighted by Crippen LogP contribution is 2.27. The van der Waals surface area contributed by atoms with E-state index in [-0.39, 0.29) is 12.0 Å². The van der Waals surface area contributed by atoms with Crippen molar-refractivity contribution in [3.05, 3.63) is 34.3 Å². The Kier molecular flexibility index (Phi) is 4.78. The zero-order valence-electron chi connectivity index (χ0n) is 10.6. The first-order valence-electron chi connectivity index (χ1n) is 6.29. The third-order valence-electron chi connectivity index (χ3n) is 3.34. The fourth-order valence-electron chi connectivity index (χ4n) is 2.46. The molecule has 3 nitrogen and oxygen atoms in total. The minimum atomic E-state index is -0.271. The number of benzene rings is 1. The molecular weight excluding hydrogens is 294 g/mol. The van der Waals surface area contributed by atoms with Crippen molar-refractivity contribution >= 4 is 21.9 Å². The van der Waals surface area contributed by atoms with Gasteiger partial charge in [0, 0.05) is 4.47 Å². The predicted octanol–water partition coefficient (Wildman–Crippen LogP) is 3.15. The van der Waals surface area contributed by atoms with Crippen LogP contribution in [0.5, 0.6) is 0 Å². The predicted molar refractivity (Wildman–Crippen MR) is 74.3 cm³/mol. The van der Waals surface area contributed by atoms with Gasteiger partial charge in [-0.15, -0.1) is 0 Å². The van der Waals surface area contributed by atoms with Gasteiger partial charge in [-0.3, -0.25) is 4.90 Å². The summed E-state index contributed by atoms with van der Waals surface area (Å²) in [7, 11) is 1.46. The minimum Gasteiger partial charge on any atom is -0.468 e. The van der Waals surface area contributed by atoms with E-state index >= 15 is 0 Å². The molecule has 0 bridgehead atoms. The second kappa shape index (κ2) is 6.34. The molecule has 1 saturated heterocycles. The topological polar surface area (TPSA) is 29.5 Å². The van der Waals surface area contributed by atoms with Crippen molar-refractivity contribution in [2.45, 2.75) is 25.3 Å². The fraction of sp³-hybridized carbons (Fsp3) is 0.500. The normalized spacial score (nSPS) is 18.3. The zero-order valence-corrected chi connectivity index (χ0v) is 12.1. The maximum atomic E-state index is 12.0. The maximum Gasteiger partial charge on any atom is 0.327 e. The quantitative estimate of drug-likeness (QED) is 0.803. The third kappa shape index (κ3) is 3.12. The molecule has 18 heavy (non-hydrogen) atoms. The Morgan fingerprint density at radius 1 is 1.33 bits per heavy atom. The van der Waals surface area contributed by atoms with Crippen LogP contribution in [-0.2, 0) is 9.53 Å². The van der Waals surface area contributed by atoms with Crippen molar-refractivity contribution in [2.24, 2.45) is 0 Å². The molecule has 1 atom stereocenters.